The lowest BCUT2D eigenvalue weighted by Gasteiger charge is -2.05. The maximum Gasteiger partial charge on any atom is 0.319 e. The van der Waals surface area contributed by atoms with Gasteiger partial charge in [0.25, 0.3) is 11.7 Å². The summed E-state index contributed by atoms with van der Waals surface area (Å²) in [6.45, 7) is 0. The molecule has 11 heteroatoms. The van der Waals surface area contributed by atoms with Crippen LogP contribution in [0.3, 0.4) is 0 Å². The van der Waals surface area contributed by atoms with Gasteiger partial charge >= 0.3 is 11.4 Å². The molecule has 0 saturated carbocycles. The van der Waals surface area contributed by atoms with Gasteiger partial charge in [0.05, 0.1) is 35.0 Å². The Morgan fingerprint density at radius 3 is 2.38 bits per heavy atom. The molecular weight excluding hydrogens is 324 g/mol. The van der Waals surface area contributed by atoms with Gasteiger partial charge in [-0.25, -0.2) is 5.43 Å². The molecule has 11 nitrogen and oxygen atoms in total. The Labute approximate surface area is 133 Å². The molecule has 0 bridgehead atoms. The van der Waals surface area contributed by atoms with Crippen molar-refractivity contribution < 1.29 is 23.8 Å². The van der Waals surface area contributed by atoms with Gasteiger partial charge in [-0.05, 0) is 12.1 Å². The van der Waals surface area contributed by atoms with Gasteiger partial charge in [-0.1, -0.05) is 0 Å². The highest BCUT2D eigenvalue weighted by Gasteiger charge is 2.29. The van der Waals surface area contributed by atoms with E-state index < -0.39 is 32.9 Å². The molecule has 1 heterocycles. The number of nitrogens with one attached hydrogen (secondary N) is 1. The monoisotopic (exact) mass is 334 g/mol. The highest BCUT2D eigenvalue weighted by atomic mass is 16.6. The third kappa shape index (κ3) is 3.52. The Balaban J connectivity index is 2.33. The molecule has 0 saturated heterocycles. The number of hydrazone groups is 1. The lowest BCUT2D eigenvalue weighted by atomic mass is 10.1. The van der Waals surface area contributed by atoms with Crippen LogP contribution in [0.1, 0.15) is 16.1 Å². The van der Waals surface area contributed by atoms with Crippen LogP contribution in [0, 0.1) is 20.2 Å². The second-order valence-corrected chi connectivity index (χ2v) is 4.28. The number of furan rings is 1. The second kappa shape index (κ2) is 7.00. The fourth-order valence-electron chi connectivity index (χ4n) is 1.79. The second-order valence-electron chi connectivity index (χ2n) is 4.28. The molecular formula is C13H10N4O7. The molecule has 0 atom stereocenters. The first kappa shape index (κ1) is 16.6. The Morgan fingerprint density at radius 2 is 1.92 bits per heavy atom. The van der Waals surface area contributed by atoms with Crippen LogP contribution >= 0.6 is 0 Å². The molecule has 1 N–H and O–H groups in total. The average molecular weight is 334 g/mol. The van der Waals surface area contributed by atoms with E-state index in [4.69, 9.17) is 9.15 Å². The summed E-state index contributed by atoms with van der Waals surface area (Å²) in [6, 6.07) is 4.92. The average Bonchev–Trinajstić information content (AvgIpc) is 3.06. The topological polar surface area (TPSA) is 150 Å². The zero-order valence-corrected chi connectivity index (χ0v) is 12.2. The van der Waals surface area contributed by atoms with Crippen LogP contribution in [0.25, 0.3) is 0 Å². The molecule has 0 radical (unpaired) electrons. The maximum absolute atomic E-state index is 12.0. The molecule has 0 aliphatic heterocycles. The summed E-state index contributed by atoms with van der Waals surface area (Å²) in [4.78, 5) is 32.3. The number of carbonyl (C=O) groups excluding carboxylic acids is 1. The number of nitrogens with zero attached hydrogens (tertiary/aromatic N) is 3. The van der Waals surface area contributed by atoms with E-state index in [0.29, 0.717) is 5.76 Å². The minimum absolute atomic E-state index is 0.314. The van der Waals surface area contributed by atoms with Crippen LogP contribution in [0.2, 0.25) is 0 Å². The molecule has 0 fully saturated rings. The number of ether oxygens (including phenoxy) is 1. The molecule has 1 aromatic carbocycles. The Kier molecular flexibility index (Phi) is 4.84. The third-order valence-corrected chi connectivity index (χ3v) is 2.81. The molecule has 124 valence electrons. The number of carbonyl (C=O) groups is 1. The van der Waals surface area contributed by atoms with Gasteiger partial charge in [0.2, 0.25) is 0 Å². The van der Waals surface area contributed by atoms with Crippen LogP contribution < -0.4 is 10.2 Å². The predicted molar refractivity (Wildman–Crippen MR) is 80.1 cm³/mol. The van der Waals surface area contributed by atoms with Crippen molar-refractivity contribution in [3.63, 3.8) is 0 Å². The lowest BCUT2D eigenvalue weighted by molar-refractivity contribution is -0.395. The number of hydrogen-bond donors (Lipinski definition) is 1. The first-order chi connectivity index (χ1) is 11.4. The predicted octanol–water partition coefficient (Wildman–Crippen LogP) is 1.87. The molecule has 2 aromatic rings. The summed E-state index contributed by atoms with van der Waals surface area (Å²) in [5, 5.41) is 25.7. The van der Waals surface area contributed by atoms with E-state index in [9.17, 15) is 25.0 Å². The summed E-state index contributed by atoms with van der Waals surface area (Å²) in [5.41, 5.74) is 0.373. The molecule has 0 aliphatic rings. The van der Waals surface area contributed by atoms with Crippen molar-refractivity contribution in [2.75, 3.05) is 7.11 Å². The summed E-state index contributed by atoms with van der Waals surface area (Å²) >= 11 is 0. The zero-order chi connectivity index (χ0) is 17.7. The van der Waals surface area contributed by atoms with Gasteiger partial charge in [0.1, 0.15) is 5.76 Å². The highest BCUT2D eigenvalue weighted by Crippen LogP contribution is 2.37. The Morgan fingerprint density at radius 1 is 1.29 bits per heavy atom. The number of hydrogen-bond acceptors (Lipinski definition) is 8. The zero-order valence-electron chi connectivity index (χ0n) is 12.2. The fraction of sp³-hybridized carbons (Fsp3) is 0.0769. The molecule has 1 aromatic heterocycles. The van der Waals surface area contributed by atoms with Crippen molar-refractivity contribution in [1.29, 1.82) is 0 Å². The minimum atomic E-state index is -0.880. The summed E-state index contributed by atoms with van der Waals surface area (Å²) in [5.74, 6) is -1.05. The van der Waals surface area contributed by atoms with E-state index in [1.165, 1.54) is 12.5 Å². The molecule has 0 spiro atoms. The standard InChI is InChI=1S/C13H10N4O7/c1-23-12-10(16(19)20)5-8(6-11(12)17(21)22)13(18)15-14-7-9-3-2-4-24-9/h2-7H,1H3,(H,15,18)/b14-7+. The molecule has 2 rings (SSSR count). The maximum atomic E-state index is 12.0. The number of benzene rings is 1. The Bertz CT molecular complexity index is 779. The van der Waals surface area contributed by atoms with E-state index in [-0.39, 0.29) is 5.56 Å². The van der Waals surface area contributed by atoms with Crippen LogP contribution in [0.5, 0.6) is 5.75 Å². The quantitative estimate of drug-likeness (QED) is 0.481. The number of nitro groups is 2. The van der Waals surface area contributed by atoms with Gasteiger partial charge in [0, 0.05) is 12.1 Å². The molecule has 0 aliphatic carbocycles. The molecule has 0 unspecified atom stereocenters. The van der Waals surface area contributed by atoms with Crippen molar-refractivity contribution in [2.45, 2.75) is 0 Å². The molecule has 24 heavy (non-hydrogen) atoms. The smallest absolute Gasteiger partial charge is 0.319 e. The van der Waals surface area contributed by atoms with Gasteiger partial charge in [0.15, 0.2) is 0 Å². The van der Waals surface area contributed by atoms with E-state index in [1.54, 1.807) is 12.1 Å². The number of rotatable bonds is 6. The number of amides is 1. The van der Waals surface area contributed by atoms with Gasteiger partial charge in [-0.2, -0.15) is 5.10 Å². The SMILES string of the molecule is COc1c([N+](=O)[O-])cc(C(=O)N/N=C/c2ccco2)cc1[N+](=O)[O-]. The first-order valence-electron chi connectivity index (χ1n) is 6.31. The van der Waals surface area contributed by atoms with E-state index in [0.717, 1.165) is 19.2 Å². The highest BCUT2D eigenvalue weighted by molar-refractivity contribution is 5.96. The lowest BCUT2D eigenvalue weighted by Crippen LogP contribution is -2.18. The summed E-state index contributed by atoms with van der Waals surface area (Å²) in [6.07, 6.45) is 2.60. The van der Waals surface area contributed by atoms with Crippen molar-refractivity contribution in [1.82, 2.24) is 5.43 Å². The van der Waals surface area contributed by atoms with Crippen molar-refractivity contribution in [2.24, 2.45) is 5.10 Å². The third-order valence-electron chi connectivity index (χ3n) is 2.81. The van der Waals surface area contributed by atoms with Gasteiger partial charge in [-0.3, -0.25) is 25.0 Å². The van der Waals surface area contributed by atoms with Gasteiger partial charge < -0.3 is 9.15 Å². The Hall–Kier alpha value is -3.76. The van der Waals surface area contributed by atoms with Crippen molar-refractivity contribution in [3.05, 3.63) is 62.1 Å². The molecule has 1 amide bonds. The number of methoxy groups -OCH3 is 1. The van der Waals surface area contributed by atoms with Crippen molar-refractivity contribution >= 4 is 23.5 Å². The minimum Gasteiger partial charge on any atom is -0.485 e. The van der Waals surface area contributed by atoms with E-state index in [2.05, 4.69) is 10.5 Å². The van der Waals surface area contributed by atoms with Crippen LogP contribution in [0.15, 0.2) is 40.0 Å². The van der Waals surface area contributed by atoms with Crippen LogP contribution in [-0.2, 0) is 0 Å². The first-order valence-corrected chi connectivity index (χ1v) is 6.31. The largest absolute Gasteiger partial charge is 0.485 e. The van der Waals surface area contributed by atoms with Crippen LogP contribution in [-0.4, -0.2) is 29.1 Å². The number of nitro benzene ring substituents is 2. The van der Waals surface area contributed by atoms with Crippen LogP contribution in [0.4, 0.5) is 11.4 Å². The van der Waals surface area contributed by atoms with Crippen molar-refractivity contribution in [3.8, 4) is 5.75 Å². The van der Waals surface area contributed by atoms with E-state index >= 15 is 0 Å². The fourth-order valence-corrected chi connectivity index (χ4v) is 1.79. The summed E-state index contributed by atoms with van der Waals surface area (Å²) in [7, 11) is 1.06. The van der Waals surface area contributed by atoms with Gasteiger partial charge in [-0.15, -0.1) is 0 Å². The van der Waals surface area contributed by atoms with E-state index in [1.807, 2.05) is 0 Å². The summed E-state index contributed by atoms with van der Waals surface area (Å²) < 4.78 is 9.66. The normalized spacial score (nSPS) is 10.5.